The molecule has 2 rings (SSSR count). The second-order valence-corrected chi connectivity index (χ2v) is 3.85. The molecule has 0 aromatic heterocycles. The number of rotatable bonds is 2. The van der Waals surface area contributed by atoms with Gasteiger partial charge in [0.2, 0.25) is 0 Å². The number of carbonyl (C=O) groups is 1. The van der Waals surface area contributed by atoms with Crippen LogP contribution in [0.1, 0.15) is 15.9 Å². The molecule has 0 saturated carbocycles. The van der Waals surface area contributed by atoms with Crippen LogP contribution in [0.5, 0.6) is 0 Å². The summed E-state index contributed by atoms with van der Waals surface area (Å²) in [6.07, 6.45) is 0. The van der Waals surface area contributed by atoms with Gasteiger partial charge >= 0.3 is 0 Å². The molecule has 0 heterocycles. The van der Waals surface area contributed by atoms with Gasteiger partial charge in [0, 0.05) is 27.3 Å². The van der Waals surface area contributed by atoms with Crippen molar-refractivity contribution >= 4 is 11.6 Å². The molecule has 5 heteroatoms. The van der Waals surface area contributed by atoms with Gasteiger partial charge in [0.1, 0.15) is 5.82 Å². The van der Waals surface area contributed by atoms with E-state index in [0.717, 1.165) is 17.7 Å². The summed E-state index contributed by atoms with van der Waals surface area (Å²) in [7, 11) is 0. The number of anilines is 1. The Bertz CT molecular complexity index is 584. The number of hydrogen-bond acceptors (Lipinski definition) is 1. The molecule has 0 unspecified atom stereocenters. The van der Waals surface area contributed by atoms with Gasteiger partial charge in [-0.2, -0.15) is 0 Å². The average Bonchev–Trinajstić information content (AvgIpc) is 2.33. The predicted molar refractivity (Wildman–Crippen MR) is 64.3 cm³/mol. The minimum Gasteiger partial charge on any atom is -0.319 e. The Balaban J connectivity index is 0.00000180. The van der Waals surface area contributed by atoms with Crippen molar-refractivity contribution in [2.75, 3.05) is 5.32 Å². The largest absolute Gasteiger partial charge is 0.319 e. The monoisotopic (exact) mass is 294 g/mol. The third kappa shape index (κ3) is 3.98. The van der Waals surface area contributed by atoms with Crippen molar-refractivity contribution in [2.24, 2.45) is 0 Å². The smallest absolute Gasteiger partial charge is 0.255 e. The molecule has 0 aliphatic rings. The minimum atomic E-state index is -0.921. The summed E-state index contributed by atoms with van der Waals surface area (Å²) in [4.78, 5) is 11.8. The van der Waals surface area contributed by atoms with Gasteiger partial charge in [-0.25, -0.2) is 8.78 Å². The van der Waals surface area contributed by atoms with Crippen molar-refractivity contribution in [2.45, 2.75) is 6.92 Å². The summed E-state index contributed by atoms with van der Waals surface area (Å²) < 4.78 is 25.9. The number of benzene rings is 2. The minimum absolute atomic E-state index is 0. The first-order chi connectivity index (χ1) is 8.56. The van der Waals surface area contributed by atoms with Crippen LogP contribution in [-0.2, 0) is 21.7 Å². The van der Waals surface area contributed by atoms with Crippen molar-refractivity contribution in [3.05, 3.63) is 65.2 Å². The van der Waals surface area contributed by atoms with Crippen LogP contribution < -0.4 is 5.32 Å². The zero-order valence-corrected chi connectivity index (χ0v) is 11.7. The first-order valence-corrected chi connectivity index (χ1v) is 5.31. The van der Waals surface area contributed by atoms with E-state index in [9.17, 15) is 13.6 Å². The third-order valence-electron chi connectivity index (χ3n) is 2.42. The summed E-state index contributed by atoms with van der Waals surface area (Å²) in [5.41, 5.74) is 1.33. The van der Waals surface area contributed by atoms with Crippen molar-refractivity contribution in [3.8, 4) is 0 Å². The number of amides is 1. The van der Waals surface area contributed by atoms with E-state index in [1.165, 1.54) is 0 Å². The fourth-order valence-corrected chi connectivity index (χ4v) is 1.44. The molecule has 0 saturated heterocycles. The van der Waals surface area contributed by atoms with E-state index >= 15 is 0 Å². The molecule has 2 aromatic carbocycles. The first-order valence-electron chi connectivity index (χ1n) is 5.31. The van der Waals surface area contributed by atoms with Crippen LogP contribution in [0.25, 0.3) is 0 Å². The standard InChI is InChI=1S/C14H10F2NO.Ti/c1-9-2-4-10(5-3-9)14(18)17-13-7-6-11(15)8-12(13)16;/h2-7H,1H3,(H,17,18);. The Labute approximate surface area is 124 Å². The van der Waals surface area contributed by atoms with E-state index < -0.39 is 17.5 Å². The van der Waals surface area contributed by atoms with Gasteiger partial charge in [0.05, 0.1) is 11.8 Å². The van der Waals surface area contributed by atoms with E-state index in [1.54, 1.807) is 24.3 Å². The first kappa shape index (κ1) is 15.5. The quantitative estimate of drug-likeness (QED) is 0.846. The van der Waals surface area contributed by atoms with Gasteiger partial charge in [0.25, 0.3) is 5.91 Å². The molecule has 0 aliphatic heterocycles. The molecule has 1 radical (unpaired) electrons. The molecule has 95 valence electrons. The maximum absolute atomic E-state index is 13.3. The average molecular weight is 294 g/mol. The van der Waals surface area contributed by atoms with Gasteiger partial charge < -0.3 is 5.32 Å². The fraction of sp³-hybridized carbons (Fsp3) is 0.0714. The summed E-state index contributed by atoms with van der Waals surface area (Å²) in [5.74, 6) is -2.18. The SMILES string of the molecule is Cc1ccc(C(=O)Nc2ccc(F)[c]c2F)cc1.[Ti]. The van der Waals surface area contributed by atoms with Crippen molar-refractivity contribution < 1.29 is 35.3 Å². The van der Waals surface area contributed by atoms with Crippen molar-refractivity contribution in [1.82, 2.24) is 0 Å². The number of carbonyl (C=O) groups excluding carboxylic acids is 1. The molecule has 1 N–H and O–H groups in total. The van der Waals surface area contributed by atoms with Crippen LogP contribution in [0.4, 0.5) is 14.5 Å². The summed E-state index contributed by atoms with van der Waals surface area (Å²) in [6.45, 7) is 1.90. The van der Waals surface area contributed by atoms with Gasteiger partial charge in [-0.3, -0.25) is 4.79 Å². The van der Waals surface area contributed by atoms with E-state index in [0.29, 0.717) is 5.56 Å². The molecule has 0 spiro atoms. The van der Waals surface area contributed by atoms with E-state index in [1.807, 2.05) is 13.0 Å². The third-order valence-corrected chi connectivity index (χ3v) is 2.42. The van der Waals surface area contributed by atoms with Crippen LogP contribution in [0, 0.1) is 24.6 Å². The fourth-order valence-electron chi connectivity index (χ4n) is 1.44. The molecule has 0 bridgehead atoms. The molecule has 0 fully saturated rings. The summed E-state index contributed by atoms with van der Waals surface area (Å²) in [5, 5.41) is 2.36. The Morgan fingerprint density at radius 3 is 2.32 bits per heavy atom. The van der Waals surface area contributed by atoms with Crippen LogP contribution in [0.2, 0.25) is 0 Å². The zero-order chi connectivity index (χ0) is 13.1. The second-order valence-electron chi connectivity index (χ2n) is 3.85. The van der Waals surface area contributed by atoms with E-state index in [-0.39, 0.29) is 27.4 Å². The second kappa shape index (κ2) is 6.59. The molecule has 2 nitrogen and oxygen atoms in total. The number of aryl methyl sites for hydroxylation is 1. The number of halogens is 2. The predicted octanol–water partition coefficient (Wildman–Crippen LogP) is 3.32. The van der Waals surface area contributed by atoms with Crippen LogP contribution >= 0.6 is 0 Å². The van der Waals surface area contributed by atoms with Crippen molar-refractivity contribution in [3.63, 3.8) is 0 Å². The normalized spacial score (nSPS) is 9.63. The Morgan fingerprint density at radius 2 is 1.74 bits per heavy atom. The van der Waals surface area contributed by atoms with Crippen molar-refractivity contribution in [1.29, 1.82) is 0 Å². The molecule has 0 aliphatic carbocycles. The molecular weight excluding hydrogens is 284 g/mol. The molecule has 0 atom stereocenters. The number of nitrogens with one attached hydrogen (secondary N) is 1. The molecular formula is C14H10F2NOTi. The Morgan fingerprint density at radius 1 is 1.11 bits per heavy atom. The van der Waals surface area contributed by atoms with Crippen LogP contribution in [-0.4, -0.2) is 5.91 Å². The Hall–Kier alpha value is -1.52. The molecule has 1 amide bonds. The van der Waals surface area contributed by atoms with Gasteiger partial charge in [-0.15, -0.1) is 0 Å². The topological polar surface area (TPSA) is 29.1 Å². The zero-order valence-electron chi connectivity index (χ0n) is 10.1. The molecule has 2 aromatic rings. The maximum Gasteiger partial charge on any atom is 0.255 e. The Kier molecular flexibility index (Phi) is 5.39. The van der Waals surface area contributed by atoms with Crippen LogP contribution in [0.15, 0.2) is 36.4 Å². The number of hydrogen-bond donors (Lipinski definition) is 1. The van der Waals surface area contributed by atoms with Gasteiger partial charge in [0.15, 0.2) is 5.82 Å². The van der Waals surface area contributed by atoms with Crippen LogP contribution in [0.3, 0.4) is 0 Å². The summed E-state index contributed by atoms with van der Waals surface area (Å²) >= 11 is 0. The summed E-state index contributed by atoms with van der Waals surface area (Å²) in [6, 6.07) is 10.9. The van der Waals surface area contributed by atoms with E-state index in [4.69, 9.17) is 0 Å². The van der Waals surface area contributed by atoms with Gasteiger partial charge in [-0.05, 0) is 31.2 Å². The van der Waals surface area contributed by atoms with E-state index in [2.05, 4.69) is 5.32 Å². The van der Waals surface area contributed by atoms with Gasteiger partial charge in [-0.1, -0.05) is 17.7 Å². The maximum atomic E-state index is 13.3. The molecule has 19 heavy (non-hydrogen) atoms.